The number of aliphatic hydroxyl groups is 1. The first-order valence-corrected chi connectivity index (χ1v) is 7.25. The highest BCUT2D eigenvalue weighted by atomic mass is 79.9. The molecule has 0 aromatic heterocycles. The van der Waals surface area contributed by atoms with Crippen LogP contribution in [0, 0.1) is 0 Å². The number of aliphatic hydroxyl groups excluding tert-OH is 1. The van der Waals surface area contributed by atoms with E-state index in [2.05, 4.69) is 26.6 Å². The highest BCUT2D eigenvalue weighted by molar-refractivity contribution is 9.10. The molecule has 0 fully saturated rings. The Morgan fingerprint density at radius 2 is 2.11 bits per heavy atom. The fourth-order valence-electron chi connectivity index (χ4n) is 1.79. The Labute approximate surface area is 122 Å². The summed E-state index contributed by atoms with van der Waals surface area (Å²) in [6.07, 6.45) is 1.47. The van der Waals surface area contributed by atoms with Gasteiger partial charge in [-0.15, -0.1) is 0 Å². The van der Waals surface area contributed by atoms with E-state index in [0.717, 1.165) is 16.5 Å². The molecular weight excluding hydrogens is 308 g/mol. The predicted molar refractivity (Wildman–Crippen MR) is 80.0 cm³/mol. The van der Waals surface area contributed by atoms with Crippen LogP contribution in [0.5, 0.6) is 0 Å². The second kappa shape index (κ2) is 8.17. The Hall–Kier alpha value is -1.07. The fourth-order valence-corrected chi connectivity index (χ4v) is 2.21. The van der Waals surface area contributed by atoms with Crippen LogP contribution in [0.25, 0.3) is 0 Å². The van der Waals surface area contributed by atoms with Crippen LogP contribution in [0.2, 0.25) is 0 Å². The van der Waals surface area contributed by atoms with Crippen molar-refractivity contribution in [3.63, 3.8) is 0 Å². The largest absolute Gasteiger partial charge is 0.396 e. The van der Waals surface area contributed by atoms with Gasteiger partial charge in [0.1, 0.15) is 0 Å². The minimum atomic E-state index is -0.182. The number of carbonyl (C=O) groups excluding carboxylic acids is 1. The first kappa shape index (κ1) is 16.0. The number of urea groups is 1. The van der Waals surface area contributed by atoms with Crippen LogP contribution >= 0.6 is 15.9 Å². The van der Waals surface area contributed by atoms with Crippen molar-refractivity contribution in [1.29, 1.82) is 0 Å². The molecule has 0 saturated heterocycles. The molecule has 19 heavy (non-hydrogen) atoms. The third-order valence-corrected chi connectivity index (χ3v) is 3.36. The van der Waals surface area contributed by atoms with Crippen LogP contribution in [0.3, 0.4) is 0 Å². The van der Waals surface area contributed by atoms with Gasteiger partial charge in [-0.3, -0.25) is 0 Å². The van der Waals surface area contributed by atoms with Gasteiger partial charge in [-0.1, -0.05) is 28.1 Å². The third-order valence-electron chi connectivity index (χ3n) is 2.87. The Morgan fingerprint density at radius 1 is 1.37 bits per heavy atom. The van der Waals surface area contributed by atoms with Crippen LogP contribution in [0.1, 0.15) is 38.3 Å². The number of nitrogens with one attached hydrogen (secondary N) is 2. The number of amides is 2. The molecule has 0 aliphatic heterocycles. The SMILES string of the molecule is CC(CCCO)NC(=O)NC(C)c1cccc(Br)c1. The molecule has 0 bridgehead atoms. The lowest BCUT2D eigenvalue weighted by atomic mass is 10.1. The van der Waals surface area contributed by atoms with Gasteiger partial charge >= 0.3 is 6.03 Å². The fraction of sp³-hybridized carbons (Fsp3) is 0.500. The first-order chi connectivity index (χ1) is 9.02. The molecule has 2 atom stereocenters. The molecular formula is C14H21BrN2O2. The smallest absolute Gasteiger partial charge is 0.315 e. The van der Waals surface area contributed by atoms with Gasteiger partial charge in [0.15, 0.2) is 0 Å². The molecule has 1 aromatic rings. The van der Waals surface area contributed by atoms with Gasteiger partial charge < -0.3 is 15.7 Å². The molecule has 0 saturated carbocycles. The summed E-state index contributed by atoms with van der Waals surface area (Å²) in [4.78, 5) is 11.8. The van der Waals surface area contributed by atoms with Crippen LogP contribution in [0.15, 0.2) is 28.7 Å². The number of rotatable bonds is 6. The number of halogens is 1. The lowest BCUT2D eigenvalue weighted by Crippen LogP contribution is -2.41. The van der Waals surface area contributed by atoms with Gasteiger partial charge in [0.25, 0.3) is 0 Å². The van der Waals surface area contributed by atoms with Crippen molar-refractivity contribution < 1.29 is 9.90 Å². The summed E-state index contributed by atoms with van der Waals surface area (Å²) in [5.41, 5.74) is 1.05. The van der Waals surface area contributed by atoms with Crippen molar-refractivity contribution in [2.45, 2.75) is 38.8 Å². The molecule has 0 aliphatic rings. The zero-order chi connectivity index (χ0) is 14.3. The highest BCUT2D eigenvalue weighted by Gasteiger charge is 2.11. The molecule has 5 heteroatoms. The Bertz CT molecular complexity index is 412. The summed E-state index contributed by atoms with van der Waals surface area (Å²) >= 11 is 3.41. The summed E-state index contributed by atoms with van der Waals surface area (Å²) in [6.45, 7) is 4.03. The first-order valence-electron chi connectivity index (χ1n) is 6.46. The Morgan fingerprint density at radius 3 is 2.74 bits per heavy atom. The third kappa shape index (κ3) is 6.07. The minimum Gasteiger partial charge on any atom is -0.396 e. The molecule has 0 radical (unpaired) electrons. The molecule has 106 valence electrons. The van der Waals surface area contributed by atoms with E-state index in [1.165, 1.54) is 0 Å². The summed E-state index contributed by atoms with van der Waals surface area (Å²) in [6, 6.07) is 7.68. The lowest BCUT2D eigenvalue weighted by Gasteiger charge is -2.18. The molecule has 0 aliphatic carbocycles. The van der Waals surface area contributed by atoms with Crippen molar-refractivity contribution in [3.8, 4) is 0 Å². The van der Waals surface area contributed by atoms with E-state index >= 15 is 0 Å². The van der Waals surface area contributed by atoms with Crippen LogP contribution in [-0.4, -0.2) is 23.8 Å². The van der Waals surface area contributed by atoms with Crippen molar-refractivity contribution in [1.82, 2.24) is 10.6 Å². The molecule has 0 heterocycles. The second-order valence-electron chi connectivity index (χ2n) is 4.66. The number of hydrogen-bond donors (Lipinski definition) is 3. The molecule has 1 rings (SSSR count). The molecule has 2 unspecified atom stereocenters. The van der Waals surface area contributed by atoms with Gasteiger partial charge in [0.05, 0.1) is 6.04 Å². The van der Waals surface area contributed by atoms with Gasteiger partial charge in [-0.2, -0.15) is 0 Å². The van der Waals surface area contributed by atoms with E-state index in [-0.39, 0.29) is 24.7 Å². The van der Waals surface area contributed by atoms with E-state index in [4.69, 9.17) is 5.11 Å². The van der Waals surface area contributed by atoms with E-state index in [0.29, 0.717) is 6.42 Å². The van der Waals surface area contributed by atoms with Gasteiger partial charge in [-0.05, 0) is 44.4 Å². The van der Waals surface area contributed by atoms with Gasteiger partial charge in [-0.25, -0.2) is 4.79 Å². The van der Waals surface area contributed by atoms with Crippen LogP contribution in [-0.2, 0) is 0 Å². The van der Waals surface area contributed by atoms with Crippen molar-refractivity contribution in [2.24, 2.45) is 0 Å². The van der Waals surface area contributed by atoms with E-state index in [1.807, 2.05) is 38.1 Å². The van der Waals surface area contributed by atoms with Crippen molar-refractivity contribution >= 4 is 22.0 Å². The Kier molecular flexibility index (Phi) is 6.87. The molecule has 0 spiro atoms. The maximum Gasteiger partial charge on any atom is 0.315 e. The van der Waals surface area contributed by atoms with E-state index in [9.17, 15) is 4.79 Å². The van der Waals surface area contributed by atoms with Crippen LogP contribution in [0.4, 0.5) is 4.79 Å². The lowest BCUT2D eigenvalue weighted by molar-refractivity contribution is 0.231. The zero-order valence-corrected chi connectivity index (χ0v) is 12.9. The summed E-state index contributed by atoms with van der Waals surface area (Å²) in [5, 5.41) is 14.5. The number of benzene rings is 1. The molecule has 3 N–H and O–H groups in total. The number of carbonyl (C=O) groups is 1. The molecule has 4 nitrogen and oxygen atoms in total. The van der Waals surface area contributed by atoms with Gasteiger partial charge in [0, 0.05) is 17.1 Å². The maximum absolute atomic E-state index is 11.8. The topological polar surface area (TPSA) is 61.4 Å². The van der Waals surface area contributed by atoms with E-state index < -0.39 is 0 Å². The average Bonchev–Trinajstić information content (AvgIpc) is 2.36. The zero-order valence-electron chi connectivity index (χ0n) is 11.3. The molecule has 2 amide bonds. The average molecular weight is 329 g/mol. The number of hydrogen-bond acceptors (Lipinski definition) is 2. The molecule has 1 aromatic carbocycles. The van der Waals surface area contributed by atoms with E-state index in [1.54, 1.807) is 0 Å². The quantitative estimate of drug-likeness (QED) is 0.751. The Balaban J connectivity index is 2.43. The maximum atomic E-state index is 11.8. The van der Waals surface area contributed by atoms with Crippen molar-refractivity contribution in [3.05, 3.63) is 34.3 Å². The summed E-state index contributed by atoms with van der Waals surface area (Å²) in [7, 11) is 0. The highest BCUT2D eigenvalue weighted by Crippen LogP contribution is 2.17. The second-order valence-corrected chi connectivity index (χ2v) is 5.58. The summed E-state index contributed by atoms with van der Waals surface area (Å²) < 4.78 is 0.996. The normalized spacial score (nSPS) is 13.7. The van der Waals surface area contributed by atoms with Crippen LogP contribution < -0.4 is 10.6 Å². The summed E-state index contributed by atoms with van der Waals surface area (Å²) in [5.74, 6) is 0. The standard InChI is InChI=1S/C14H21BrN2O2/c1-10(5-4-8-18)16-14(19)17-11(2)12-6-3-7-13(15)9-12/h3,6-7,9-11,18H,4-5,8H2,1-2H3,(H2,16,17,19). The minimum absolute atomic E-state index is 0.0532. The van der Waals surface area contributed by atoms with Gasteiger partial charge in [0.2, 0.25) is 0 Å². The monoisotopic (exact) mass is 328 g/mol. The van der Waals surface area contributed by atoms with Crippen molar-refractivity contribution in [2.75, 3.05) is 6.61 Å². The predicted octanol–water partition coefficient (Wildman–Crippen LogP) is 2.97.